The zero-order valence-corrected chi connectivity index (χ0v) is 19.5. The molecular weight excluding hydrogens is 376 g/mol. The van der Waals surface area contributed by atoms with Gasteiger partial charge >= 0.3 is 12.1 Å². The predicted octanol–water partition coefficient (Wildman–Crippen LogP) is 2.91. The van der Waals surface area contributed by atoms with Crippen molar-refractivity contribution >= 4 is 18.0 Å². The Morgan fingerprint density at radius 3 is 2.10 bits per heavy atom. The summed E-state index contributed by atoms with van der Waals surface area (Å²) in [5.74, 6) is -0.752. The normalized spacial score (nSPS) is 15.3. The van der Waals surface area contributed by atoms with Gasteiger partial charge in [0.2, 0.25) is 5.91 Å². The van der Waals surface area contributed by atoms with Crippen LogP contribution in [0.5, 0.6) is 0 Å². The number of likely N-dealkylation sites (N-methyl/N-ethyl adjacent to an activating group) is 1. The fraction of sp³-hybridized carbons (Fsp3) is 0.762. The Morgan fingerprint density at radius 1 is 1.14 bits per heavy atom. The van der Waals surface area contributed by atoms with Gasteiger partial charge in [-0.05, 0) is 47.5 Å². The van der Waals surface area contributed by atoms with E-state index in [0.29, 0.717) is 5.57 Å². The summed E-state index contributed by atoms with van der Waals surface area (Å²) < 4.78 is 15.6. The molecule has 0 aromatic heterocycles. The first-order valence-electron chi connectivity index (χ1n) is 9.89. The second-order valence-corrected chi connectivity index (χ2v) is 8.32. The van der Waals surface area contributed by atoms with Gasteiger partial charge in [-0.1, -0.05) is 19.9 Å². The molecule has 2 amide bonds. The second-order valence-electron chi connectivity index (χ2n) is 8.32. The maximum absolute atomic E-state index is 13.2. The summed E-state index contributed by atoms with van der Waals surface area (Å²) >= 11 is 0. The lowest BCUT2D eigenvalue weighted by atomic mass is 9.98. The van der Waals surface area contributed by atoms with Crippen LogP contribution in [0.2, 0.25) is 0 Å². The van der Waals surface area contributed by atoms with Gasteiger partial charge in [-0.2, -0.15) is 0 Å². The molecule has 0 saturated heterocycles. The van der Waals surface area contributed by atoms with Gasteiger partial charge < -0.3 is 24.4 Å². The van der Waals surface area contributed by atoms with Crippen molar-refractivity contribution in [3.05, 3.63) is 11.6 Å². The molecule has 0 spiro atoms. The topological polar surface area (TPSA) is 94.2 Å². The first kappa shape index (κ1) is 26.9. The number of rotatable bonds is 9. The fourth-order valence-corrected chi connectivity index (χ4v) is 2.64. The highest BCUT2D eigenvalue weighted by Gasteiger charge is 2.34. The smallest absolute Gasteiger partial charge is 0.408 e. The van der Waals surface area contributed by atoms with Gasteiger partial charge in [0.1, 0.15) is 11.6 Å². The highest BCUT2D eigenvalue weighted by atomic mass is 16.6. The third-order valence-corrected chi connectivity index (χ3v) is 4.28. The van der Waals surface area contributed by atoms with Crippen LogP contribution in [0.4, 0.5) is 4.79 Å². The molecule has 0 aliphatic rings. The molecule has 0 radical (unpaired) electrons. The molecular formula is C21H38N2O6. The lowest BCUT2D eigenvalue weighted by Crippen LogP contribution is -2.56. The molecule has 3 atom stereocenters. The number of ether oxygens (including phenoxy) is 3. The highest BCUT2D eigenvalue weighted by Crippen LogP contribution is 2.17. The van der Waals surface area contributed by atoms with Crippen molar-refractivity contribution in [2.24, 2.45) is 5.92 Å². The first-order valence-corrected chi connectivity index (χ1v) is 9.89. The van der Waals surface area contributed by atoms with E-state index in [1.807, 2.05) is 13.8 Å². The van der Waals surface area contributed by atoms with Gasteiger partial charge in [-0.25, -0.2) is 9.59 Å². The summed E-state index contributed by atoms with van der Waals surface area (Å²) in [6, 6.07) is -1.32. The number of alkyl carbamates (subject to hydrolysis) is 1. The molecule has 0 fully saturated rings. The van der Waals surface area contributed by atoms with Crippen LogP contribution in [0.3, 0.4) is 0 Å². The Kier molecular flexibility index (Phi) is 11.0. The van der Waals surface area contributed by atoms with E-state index in [2.05, 4.69) is 5.32 Å². The molecule has 0 unspecified atom stereocenters. The number of nitrogens with one attached hydrogen (secondary N) is 1. The van der Waals surface area contributed by atoms with Crippen molar-refractivity contribution in [2.45, 2.75) is 79.2 Å². The van der Waals surface area contributed by atoms with Crippen molar-refractivity contribution < 1.29 is 28.6 Å². The fourth-order valence-electron chi connectivity index (χ4n) is 2.64. The number of esters is 1. The van der Waals surface area contributed by atoms with Gasteiger partial charge in [0, 0.05) is 19.7 Å². The molecule has 8 heteroatoms. The Balaban J connectivity index is 5.64. The molecule has 29 heavy (non-hydrogen) atoms. The molecule has 0 aliphatic heterocycles. The van der Waals surface area contributed by atoms with E-state index in [4.69, 9.17) is 14.2 Å². The van der Waals surface area contributed by atoms with E-state index in [1.165, 1.54) is 12.0 Å². The van der Waals surface area contributed by atoms with E-state index in [9.17, 15) is 14.4 Å². The van der Waals surface area contributed by atoms with Crippen LogP contribution >= 0.6 is 0 Å². The highest BCUT2D eigenvalue weighted by molar-refractivity contribution is 5.89. The van der Waals surface area contributed by atoms with E-state index < -0.39 is 29.8 Å². The van der Waals surface area contributed by atoms with Crippen molar-refractivity contribution in [3.63, 3.8) is 0 Å². The largest absolute Gasteiger partial charge is 0.463 e. The van der Waals surface area contributed by atoms with Crippen molar-refractivity contribution in [3.8, 4) is 0 Å². The molecule has 0 aromatic carbocycles. The van der Waals surface area contributed by atoms with E-state index >= 15 is 0 Å². The number of amides is 2. The monoisotopic (exact) mass is 414 g/mol. The van der Waals surface area contributed by atoms with Crippen LogP contribution in [0.1, 0.15) is 55.4 Å². The van der Waals surface area contributed by atoms with E-state index in [1.54, 1.807) is 54.7 Å². The van der Waals surface area contributed by atoms with E-state index in [-0.39, 0.29) is 24.5 Å². The molecule has 0 bridgehead atoms. The lowest BCUT2D eigenvalue weighted by Gasteiger charge is -2.34. The van der Waals surface area contributed by atoms with Crippen LogP contribution in [0.25, 0.3) is 0 Å². The van der Waals surface area contributed by atoms with Crippen LogP contribution in [0, 0.1) is 5.92 Å². The zero-order valence-electron chi connectivity index (χ0n) is 19.5. The van der Waals surface area contributed by atoms with Crippen LogP contribution in [-0.2, 0) is 23.8 Å². The molecule has 0 saturated carbocycles. The summed E-state index contributed by atoms with van der Waals surface area (Å²) in [5, 5.41) is 2.61. The minimum atomic E-state index is -0.947. The Hall–Kier alpha value is -2.09. The molecule has 0 aliphatic carbocycles. The average molecular weight is 415 g/mol. The van der Waals surface area contributed by atoms with Crippen LogP contribution in [-0.4, -0.2) is 67.4 Å². The number of carbonyl (C=O) groups excluding carboxylic acids is 3. The number of hydrogen-bond acceptors (Lipinski definition) is 6. The minimum Gasteiger partial charge on any atom is -0.463 e. The third kappa shape index (κ3) is 9.30. The predicted molar refractivity (Wildman–Crippen MR) is 111 cm³/mol. The molecule has 0 aromatic rings. The Labute approximate surface area is 174 Å². The second kappa shape index (κ2) is 11.8. The summed E-state index contributed by atoms with van der Waals surface area (Å²) in [4.78, 5) is 38.9. The summed E-state index contributed by atoms with van der Waals surface area (Å²) in [5.41, 5.74) is -0.276. The third-order valence-electron chi connectivity index (χ3n) is 4.28. The van der Waals surface area contributed by atoms with Gasteiger partial charge in [0.15, 0.2) is 0 Å². The van der Waals surface area contributed by atoms with Gasteiger partial charge in [-0.3, -0.25) is 4.79 Å². The van der Waals surface area contributed by atoms with Crippen LogP contribution < -0.4 is 5.32 Å². The Bertz CT molecular complexity index is 594. The maximum Gasteiger partial charge on any atom is 0.408 e. The molecule has 8 nitrogen and oxygen atoms in total. The van der Waals surface area contributed by atoms with Gasteiger partial charge in [-0.15, -0.1) is 0 Å². The molecule has 168 valence electrons. The van der Waals surface area contributed by atoms with Crippen LogP contribution in [0.15, 0.2) is 11.6 Å². The van der Waals surface area contributed by atoms with Crippen molar-refractivity contribution in [2.75, 3.05) is 20.8 Å². The quantitative estimate of drug-likeness (QED) is 0.460. The van der Waals surface area contributed by atoms with Gasteiger partial charge in [0.05, 0.1) is 18.8 Å². The van der Waals surface area contributed by atoms with Crippen molar-refractivity contribution in [1.82, 2.24) is 10.2 Å². The molecule has 1 N–H and O–H groups in total. The molecule has 0 heterocycles. The summed E-state index contributed by atoms with van der Waals surface area (Å²) in [6.07, 6.45) is 0.427. The first-order chi connectivity index (χ1) is 13.2. The minimum absolute atomic E-state index is 0.0216. The zero-order chi connectivity index (χ0) is 22.9. The van der Waals surface area contributed by atoms with Crippen molar-refractivity contribution in [1.29, 1.82) is 0 Å². The number of nitrogens with zero attached hydrogens (tertiary/aromatic N) is 1. The molecule has 0 rings (SSSR count). The van der Waals surface area contributed by atoms with Gasteiger partial charge in [0.25, 0.3) is 0 Å². The van der Waals surface area contributed by atoms with E-state index in [0.717, 1.165) is 0 Å². The average Bonchev–Trinajstić information content (AvgIpc) is 2.60. The number of carbonyl (C=O) groups is 3. The number of hydrogen-bond donors (Lipinski definition) is 1. The standard InChI is InChI=1S/C21H38N2O6/c1-11-28-19(25)14(4)12-16(13(2)3)23(9)18(24)17(15(5)27-10)22-20(26)29-21(6,7)8/h12-13,15-17H,11H2,1-10H3,(H,22,26)/t15-,16+,17-/m0/s1. The Morgan fingerprint density at radius 2 is 1.69 bits per heavy atom. The maximum atomic E-state index is 13.2. The number of methoxy groups -OCH3 is 1. The SMILES string of the molecule is CCOC(=O)C(C)=C[C@H](C(C)C)N(C)C(=O)[C@@H](NC(=O)OC(C)(C)C)[C@H](C)OC. The summed E-state index contributed by atoms with van der Waals surface area (Å²) in [6.45, 7) is 14.5. The lowest BCUT2D eigenvalue weighted by molar-refractivity contribution is -0.139. The summed E-state index contributed by atoms with van der Waals surface area (Å²) in [7, 11) is 3.10.